The van der Waals surface area contributed by atoms with Gasteiger partial charge in [-0.2, -0.15) is 0 Å². The lowest BCUT2D eigenvalue weighted by molar-refractivity contribution is -0.113. The van der Waals surface area contributed by atoms with Crippen molar-refractivity contribution in [2.24, 2.45) is 0 Å². The van der Waals surface area contributed by atoms with Crippen molar-refractivity contribution in [3.63, 3.8) is 0 Å². The number of amides is 1. The maximum absolute atomic E-state index is 11.5. The van der Waals surface area contributed by atoms with Crippen LogP contribution in [-0.4, -0.2) is 11.8 Å². The molecular weight excluding hydrogens is 320 g/mol. The molecule has 0 saturated carbocycles. The van der Waals surface area contributed by atoms with Crippen molar-refractivity contribution in [1.29, 1.82) is 0 Å². The van der Waals surface area contributed by atoms with Crippen LogP contribution in [0.25, 0.3) is 0 Å². The largest absolute Gasteiger partial charge is 0.354 e. The molecule has 0 spiro atoms. The van der Waals surface area contributed by atoms with E-state index in [9.17, 15) is 4.79 Å². The first-order valence-corrected chi connectivity index (χ1v) is 9.07. The van der Waals surface area contributed by atoms with Crippen LogP contribution >= 0.6 is 11.6 Å². The smallest absolute Gasteiger partial charge is 0.239 e. The van der Waals surface area contributed by atoms with Gasteiger partial charge < -0.3 is 10.6 Å². The summed E-state index contributed by atoms with van der Waals surface area (Å²) in [5, 5.41) is 6.20. The van der Waals surface area contributed by atoms with Gasteiger partial charge in [-0.25, -0.2) is 0 Å². The van der Waals surface area contributed by atoms with Gasteiger partial charge in [0.25, 0.3) is 0 Å². The molecule has 0 unspecified atom stereocenters. The molecule has 4 heteroatoms. The number of nitrogens with one attached hydrogen (secondary N) is 2. The van der Waals surface area contributed by atoms with Crippen LogP contribution in [0, 0.1) is 0 Å². The zero-order valence-electron chi connectivity index (χ0n) is 14.1. The van der Waals surface area contributed by atoms with Gasteiger partial charge in [-0.1, -0.05) is 50.5 Å². The molecule has 0 fully saturated rings. The van der Waals surface area contributed by atoms with E-state index in [1.165, 1.54) is 31.2 Å². The Morgan fingerprint density at radius 3 is 2.54 bits per heavy atom. The molecule has 2 aromatic rings. The lowest BCUT2D eigenvalue weighted by atomic mass is 10.1. The monoisotopic (exact) mass is 344 g/mol. The number of rotatable bonds is 9. The van der Waals surface area contributed by atoms with E-state index in [4.69, 9.17) is 11.6 Å². The maximum Gasteiger partial charge on any atom is 0.239 e. The number of carbonyl (C=O) groups excluding carboxylic acids is 1. The lowest BCUT2D eigenvalue weighted by Crippen LogP contribution is -2.13. The number of carbonyl (C=O) groups is 1. The number of aryl methyl sites for hydroxylation is 1. The first kappa shape index (κ1) is 18.3. The summed E-state index contributed by atoms with van der Waals surface area (Å²) in [5.74, 6) is -0.266. The molecular formula is C20H25ClN2O. The van der Waals surface area contributed by atoms with E-state index in [1.54, 1.807) is 0 Å². The SMILES string of the molecule is CCCCCCc1cccc(Nc2ccccc2NC(=O)CCl)c1. The van der Waals surface area contributed by atoms with Crippen molar-refractivity contribution >= 4 is 34.6 Å². The molecule has 2 aromatic carbocycles. The number of alkyl halides is 1. The van der Waals surface area contributed by atoms with Crippen molar-refractivity contribution in [2.75, 3.05) is 16.5 Å². The summed E-state index contributed by atoms with van der Waals surface area (Å²) in [5.41, 5.74) is 3.95. The summed E-state index contributed by atoms with van der Waals surface area (Å²) in [7, 11) is 0. The predicted octanol–water partition coefficient (Wildman–Crippen LogP) is 5.73. The number of halogens is 1. The third-order valence-corrected chi connectivity index (χ3v) is 4.09. The zero-order valence-corrected chi connectivity index (χ0v) is 14.9. The number of hydrogen-bond donors (Lipinski definition) is 2. The molecule has 128 valence electrons. The Morgan fingerprint density at radius 1 is 1.00 bits per heavy atom. The van der Waals surface area contributed by atoms with E-state index >= 15 is 0 Å². The minimum absolute atomic E-state index is 0.0540. The van der Waals surface area contributed by atoms with Gasteiger partial charge in [-0.05, 0) is 42.7 Å². The van der Waals surface area contributed by atoms with Crippen LogP contribution in [0.3, 0.4) is 0 Å². The van der Waals surface area contributed by atoms with Crippen LogP contribution in [0.4, 0.5) is 17.1 Å². The van der Waals surface area contributed by atoms with Gasteiger partial charge in [0.15, 0.2) is 0 Å². The van der Waals surface area contributed by atoms with Crippen molar-refractivity contribution in [3.05, 3.63) is 54.1 Å². The molecule has 2 N–H and O–H groups in total. The number of anilines is 3. The van der Waals surface area contributed by atoms with Crippen LogP contribution in [0.1, 0.15) is 38.2 Å². The topological polar surface area (TPSA) is 41.1 Å². The predicted molar refractivity (Wildman–Crippen MR) is 103 cm³/mol. The summed E-state index contributed by atoms with van der Waals surface area (Å²) in [4.78, 5) is 11.5. The molecule has 24 heavy (non-hydrogen) atoms. The third kappa shape index (κ3) is 5.89. The summed E-state index contributed by atoms with van der Waals surface area (Å²) < 4.78 is 0. The second kappa shape index (κ2) is 9.99. The highest BCUT2D eigenvalue weighted by Crippen LogP contribution is 2.26. The minimum Gasteiger partial charge on any atom is -0.354 e. The van der Waals surface area contributed by atoms with Gasteiger partial charge in [0.05, 0.1) is 11.4 Å². The number of hydrogen-bond acceptors (Lipinski definition) is 2. The molecule has 0 bridgehead atoms. The fourth-order valence-electron chi connectivity index (χ4n) is 2.60. The highest BCUT2D eigenvalue weighted by Gasteiger charge is 2.06. The molecule has 0 aromatic heterocycles. The van der Waals surface area contributed by atoms with Gasteiger partial charge in [0.2, 0.25) is 5.91 Å². The quantitative estimate of drug-likeness (QED) is 0.450. The van der Waals surface area contributed by atoms with Crippen LogP contribution < -0.4 is 10.6 Å². The third-order valence-electron chi connectivity index (χ3n) is 3.85. The van der Waals surface area contributed by atoms with Gasteiger partial charge in [0, 0.05) is 5.69 Å². The fourth-order valence-corrected chi connectivity index (χ4v) is 2.67. The number of para-hydroxylation sites is 2. The van der Waals surface area contributed by atoms with E-state index in [0.29, 0.717) is 0 Å². The Labute approximate surface area is 149 Å². The minimum atomic E-state index is -0.212. The molecule has 0 heterocycles. The number of unbranched alkanes of at least 4 members (excludes halogenated alkanes) is 3. The summed E-state index contributed by atoms with van der Waals surface area (Å²) in [6.45, 7) is 2.23. The van der Waals surface area contributed by atoms with Crippen molar-refractivity contribution < 1.29 is 4.79 Å². The molecule has 0 aliphatic heterocycles. The van der Waals surface area contributed by atoms with Gasteiger partial charge in [0.1, 0.15) is 5.88 Å². The Morgan fingerprint density at radius 2 is 1.79 bits per heavy atom. The summed E-state index contributed by atoms with van der Waals surface area (Å²) in [6.07, 6.45) is 6.15. The fraction of sp³-hybridized carbons (Fsp3) is 0.350. The average Bonchev–Trinajstić information content (AvgIpc) is 2.61. The van der Waals surface area contributed by atoms with Crippen LogP contribution in [0.2, 0.25) is 0 Å². The average molecular weight is 345 g/mol. The second-order valence-electron chi connectivity index (χ2n) is 5.86. The Bertz CT molecular complexity index is 658. The molecule has 2 rings (SSSR count). The highest BCUT2D eigenvalue weighted by molar-refractivity contribution is 6.29. The standard InChI is InChI=1S/C20H25ClN2O/c1-2-3-4-5-9-16-10-8-11-17(14-16)22-18-12-6-7-13-19(18)23-20(24)15-21/h6-8,10-14,22H,2-5,9,15H2,1H3,(H,23,24). The zero-order chi connectivity index (χ0) is 17.2. The van der Waals surface area contributed by atoms with Crippen molar-refractivity contribution in [1.82, 2.24) is 0 Å². The van der Waals surface area contributed by atoms with E-state index in [0.717, 1.165) is 23.5 Å². The van der Waals surface area contributed by atoms with Crippen LogP contribution in [0.15, 0.2) is 48.5 Å². The molecule has 1 amide bonds. The summed E-state index contributed by atoms with van der Waals surface area (Å²) >= 11 is 5.57. The second-order valence-corrected chi connectivity index (χ2v) is 6.13. The van der Waals surface area contributed by atoms with Crippen LogP contribution in [0.5, 0.6) is 0 Å². The Balaban J connectivity index is 2.04. The van der Waals surface area contributed by atoms with Gasteiger partial charge in [-0.3, -0.25) is 4.79 Å². The van der Waals surface area contributed by atoms with Crippen LogP contribution in [-0.2, 0) is 11.2 Å². The van der Waals surface area contributed by atoms with Gasteiger partial charge >= 0.3 is 0 Å². The van der Waals surface area contributed by atoms with Gasteiger partial charge in [-0.15, -0.1) is 11.6 Å². The maximum atomic E-state index is 11.5. The first-order chi connectivity index (χ1) is 11.7. The molecule has 0 saturated heterocycles. The van der Waals surface area contributed by atoms with E-state index in [1.807, 2.05) is 30.3 Å². The highest BCUT2D eigenvalue weighted by atomic mass is 35.5. The first-order valence-electron chi connectivity index (χ1n) is 8.53. The Hall–Kier alpha value is -2.00. The van der Waals surface area contributed by atoms with Crippen molar-refractivity contribution in [3.8, 4) is 0 Å². The molecule has 0 aliphatic carbocycles. The van der Waals surface area contributed by atoms with E-state index < -0.39 is 0 Å². The Kier molecular flexibility index (Phi) is 7.63. The van der Waals surface area contributed by atoms with Crippen molar-refractivity contribution in [2.45, 2.75) is 39.0 Å². The molecule has 3 nitrogen and oxygen atoms in total. The molecule has 0 atom stereocenters. The lowest BCUT2D eigenvalue weighted by Gasteiger charge is -2.13. The molecule has 0 radical (unpaired) electrons. The normalized spacial score (nSPS) is 10.4. The number of benzene rings is 2. The van der Waals surface area contributed by atoms with E-state index in [2.05, 4.69) is 35.8 Å². The molecule has 0 aliphatic rings. The summed E-state index contributed by atoms with van der Waals surface area (Å²) in [6, 6.07) is 16.1. The van der Waals surface area contributed by atoms with E-state index in [-0.39, 0.29) is 11.8 Å².